The van der Waals surface area contributed by atoms with Crippen molar-refractivity contribution < 1.29 is 14.3 Å². The molecule has 0 aliphatic heterocycles. The highest BCUT2D eigenvalue weighted by Crippen LogP contribution is 2.05. The highest BCUT2D eigenvalue weighted by atomic mass is 16.6. The van der Waals surface area contributed by atoms with Crippen LogP contribution < -0.4 is 10.6 Å². The van der Waals surface area contributed by atoms with Gasteiger partial charge in [0.05, 0.1) is 6.54 Å². The van der Waals surface area contributed by atoms with Gasteiger partial charge in [0.25, 0.3) is 0 Å². The van der Waals surface area contributed by atoms with E-state index in [0.717, 1.165) is 5.56 Å². The second-order valence-corrected chi connectivity index (χ2v) is 5.27. The average molecular weight is 334 g/mol. The second-order valence-electron chi connectivity index (χ2n) is 5.27. The lowest BCUT2D eigenvalue weighted by atomic mass is 10.2. The Morgan fingerprint density at radius 2 is 1.67 bits per heavy atom. The van der Waals surface area contributed by atoms with E-state index in [9.17, 15) is 9.59 Å². The maximum atomic E-state index is 11.0. The minimum Gasteiger partial charge on any atom is -0.444 e. The molecular weight excluding hydrogens is 304 g/mol. The molecule has 0 radical (unpaired) electrons. The van der Waals surface area contributed by atoms with Crippen molar-refractivity contribution >= 4 is 12.0 Å². The highest BCUT2D eigenvalue weighted by molar-refractivity contribution is 5.81. The van der Waals surface area contributed by atoms with E-state index in [1.807, 2.05) is 51.1 Å². The van der Waals surface area contributed by atoms with E-state index < -0.39 is 11.7 Å². The fourth-order valence-corrected chi connectivity index (χ4v) is 1.22. The molecular formula is C19H30N2O3. The molecule has 0 aromatic heterocycles. The molecule has 2 amide bonds. The second kappa shape index (κ2) is 14.1. The predicted octanol–water partition coefficient (Wildman–Crippen LogP) is 3.34. The van der Waals surface area contributed by atoms with Crippen LogP contribution in [0.1, 0.15) is 47.1 Å². The van der Waals surface area contributed by atoms with Crippen LogP contribution in [-0.4, -0.2) is 31.2 Å². The third-order valence-electron chi connectivity index (χ3n) is 2.11. The highest BCUT2D eigenvalue weighted by Gasteiger charge is 2.16. The van der Waals surface area contributed by atoms with Gasteiger partial charge in [-0.15, -0.1) is 5.92 Å². The molecule has 0 bridgehead atoms. The number of ether oxygens (including phenoxy) is 1. The number of amides is 2. The van der Waals surface area contributed by atoms with Gasteiger partial charge in [-0.1, -0.05) is 38.0 Å². The first-order chi connectivity index (χ1) is 11.3. The maximum absolute atomic E-state index is 11.0. The Labute approximate surface area is 146 Å². The van der Waals surface area contributed by atoms with Crippen LogP contribution in [0.4, 0.5) is 4.79 Å². The van der Waals surface area contributed by atoms with Crippen molar-refractivity contribution in [2.45, 2.75) is 47.1 Å². The summed E-state index contributed by atoms with van der Waals surface area (Å²) in [6.07, 6.45) is -0.587. The Morgan fingerprint density at radius 1 is 1.12 bits per heavy atom. The van der Waals surface area contributed by atoms with Crippen LogP contribution in [-0.2, 0) is 9.53 Å². The van der Waals surface area contributed by atoms with Crippen molar-refractivity contribution in [3.05, 3.63) is 35.9 Å². The van der Waals surface area contributed by atoms with Crippen LogP contribution in [0.5, 0.6) is 0 Å². The Bertz CT molecular complexity index is 523. The Hall–Kier alpha value is -2.48. The van der Waals surface area contributed by atoms with Crippen LogP contribution in [0.15, 0.2) is 30.3 Å². The summed E-state index contributed by atoms with van der Waals surface area (Å²) in [5.41, 5.74) is 0.548. The Morgan fingerprint density at radius 3 is 2.08 bits per heavy atom. The SMILES string of the molecule is CC.CC#Cc1ccccc1.CNC(=O)CNC(=O)OC(C)(C)C. The minimum atomic E-state index is -0.587. The molecule has 2 N–H and O–H groups in total. The quantitative estimate of drug-likeness (QED) is 0.815. The zero-order valence-corrected chi connectivity index (χ0v) is 15.8. The molecule has 0 heterocycles. The van der Waals surface area contributed by atoms with E-state index in [1.54, 1.807) is 20.8 Å². The standard InChI is InChI=1S/C9H8.C8H16N2O3.C2H6/c1-2-6-9-7-4-3-5-8-9;1-8(2,3)13-7(12)10-5-6(11)9-4;1-2/h3-5,7-8H,1H3;5H2,1-4H3,(H,9,11)(H,10,12);1-2H3. The molecule has 1 aromatic rings. The molecule has 0 aliphatic carbocycles. The van der Waals surface area contributed by atoms with Gasteiger partial charge in [-0.05, 0) is 39.8 Å². The third kappa shape index (κ3) is 15.9. The molecule has 134 valence electrons. The van der Waals surface area contributed by atoms with Crippen LogP contribution in [0.25, 0.3) is 0 Å². The number of likely N-dealkylation sites (N-methyl/N-ethyl adjacent to an activating group) is 1. The molecule has 0 saturated heterocycles. The molecule has 0 aliphatic rings. The van der Waals surface area contributed by atoms with Gasteiger partial charge in [0.2, 0.25) is 5.91 Å². The van der Waals surface area contributed by atoms with E-state index in [0.29, 0.717) is 0 Å². The first-order valence-corrected chi connectivity index (χ1v) is 7.93. The number of rotatable bonds is 2. The van der Waals surface area contributed by atoms with Gasteiger partial charge >= 0.3 is 6.09 Å². The zero-order valence-electron chi connectivity index (χ0n) is 15.8. The summed E-state index contributed by atoms with van der Waals surface area (Å²) in [5.74, 6) is 5.53. The number of hydrogen-bond donors (Lipinski definition) is 2. The third-order valence-corrected chi connectivity index (χ3v) is 2.11. The molecule has 1 aromatic carbocycles. The topological polar surface area (TPSA) is 67.4 Å². The van der Waals surface area contributed by atoms with Crippen molar-refractivity contribution in [2.75, 3.05) is 13.6 Å². The normalized spacial score (nSPS) is 8.79. The number of nitrogens with one attached hydrogen (secondary N) is 2. The van der Waals surface area contributed by atoms with Crippen LogP contribution in [0.2, 0.25) is 0 Å². The molecule has 0 spiro atoms. The van der Waals surface area contributed by atoms with Gasteiger partial charge in [0.15, 0.2) is 0 Å². The summed E-state index contributed by atoms with van der Waals surface area (Å²) in [7, 11) is 1.50. The number of hydrogen-bond acceptors (Lipinski definition) is 3. The van der Waals surface area contributed by atoms with E-state index in [2.05, 4.69) is 22.5 Å². The van der Waals surface area contributed by atoms with Crippen molar-refractivity contribution in [3.8, 4) is 11.8 Å². The number of carbonyl (C=O) groups excluding carboxylic acids is 2. The Balaban J connectivity index is 0. The van der Waals surface area contributed by atoms with E-state index in [-0.39, 0.29) is 12.5 Å². The van der Waals surface area contributed by atoms with Crippen molar-refractivity contribution in [2.24, 2.45) is 0 Å². The average Bonchev–Trinajstić information content (AvgIpc) is 2.55. The van der Waals surface area contributed by atoms with Gasteiger partial charge in [-0.2, -0.15) is 0 Å². The summed E-state index contributed by atoms with van der Waals surface area (Å²) >= 11 is 0. The lowest BCUT2D eigenvalue weighted by Gasteiger charge is -2.19. The summed E-state index contributed by atoms with van der Waals surface area (Å²) in [6.45, 7) is 11.0. The van der Waals surface area contributed by atoms with Gasteiger partial charge in [-0.3, -0.25) is 4.79 Å². The van der Waals surface area contributed by atoms with Crippen molar-refractivity contribution in [1.82, 2.24) is 10.6 Å². The summed E-state index contributed by atoms with van der Waals surface area (Å²) in [5, 5.41) is 4.69. The first kappa shape index (κ1) is 23.8. The summed E-state index contributed by atoms with van der Waals surface area (Å²) in [6, 6.07) is 9.95. The van der Waals surface area contributed by atoms with Gasteiger partial charge in [0.1, 0.15) is 5.60 Å². The Kier molecular flexibility index (Phi) is 14.0. The van der Waals surface area contributed by atoms with Crippen LogP contribution in [0, 0.1) is 11.8 Å². The van der Waals surface area contributed by atoms with Crippen molar-refractivity contribution in [3.63, 3.8) is 0 Å². The number of carbonyl (C=O) groups is 2. The van der Waals surface area contributed by atoms with Crippen molar-refractivity contribution in [1.29, 1.82) is 0 Å². The van der Waals surface area contributed by atoms with Gasteiger partial charge in [-0.25, -0.2) is 4.79 Å². The minimum absolute atomic E-state index is 0.0641. The lowest BCUT2D eigenvalue weighted by molar-refractivity contribution is -0.119. The summed E-state index contributed by atoms with van der Waals surface area (Å²) < 4.78 is 4.90. The zero-order chi connectivity index (χ0) is 19.0. The smallest absolute Gasteiger partial charge is 0.408 e. The molecule has 0 unspecified atom stereocenters. The molecule has 0 saturated carbocycles. The molecule has 0 fully saturated rings. The molecule has 5 nitrogen and oxygen atoms in total. The number of alkyl carbamates (subject to hydrolysis) is 1. The molecule has 5 heteroatoms. The molecule has 24 heavy (non-hydrogen) atoms. The number of benzene rings is 1. The largest absolute Gasteiger partial charge is 0.444 e. The fourth-order valence-electron chi connectivity index (χ4n) is 1.22. The predicted molar refractivity (Wildman–Crippen MR) is 98.6 cm³/mol. The lowest BCUT2D eigenvalue weighted by Crippen LogP contribution is -2.38. The van der Waals surface area contributed by atoms with Gasteiger partial charge in [0, 0.05) is 12.6 Å². The van der Waals surface area contributed by atoms with E-state index >= 15 is 0 Å². The van der Waals surface area contributed by atoms with Gasteiger partial charge < -0.3 is 15.4 Å². The first-order valence-electron chi connectivity index (χ1n) is 7.93. The molecule has 0 atom stereocenters. The molecule has 1 rings (SSSR count). The van der Waals surface area contributed by atoms with Crippen LogP contribution >= 0.6 is 0 Å². The van der Waals surface area contributed by atoms with Crippen LogP contribution in [0.3, 0.4) is 0 Å². The monoisotopic (exact) mass is 334 g/mol. The summed E-state index contributed by atoms with van der Waals surface area (Å²) in [4.78, 5) is 21.7. The van der Waals surface area contributed by atoms with E-state index in [1.165, 1.54) is 7.05 Å². The fraction of sp³-hybridized carbons (Fsp3) is 0.474. The van der Waals surface area contributed by atoms with E-state index in [4.69, 9.17) is 4.74 Å². The maximum Gasteiger partial charge on any atom is 0.408 e.